The number of nitrogens with zero attached hydrogens (tertiary/aromatic N) is 1. The Morgan fingerprint density at radius 2 is 1.81 bits per heavy atom. The van der Waals surface area contributed by atoms with Gasteiger partial charge in [-0.05, 0) is 50.6 Å². The lowest BCUT2D eigenvalue weighted by molar-refractivity contribution is -0.111. The molecule has 3 nitrogen and oxygen atoms in total. The monoisotopic (exact) mass is 417 g/mol. The summed E-state index contributed by atoms with van der Waals surface area (Å²) in [6.07, 6.45) is 2.63. The molecule has 2 aromatic carbocycles. The normalized spacial score (nSPS) is 26.2. The summed E-state index contributed by atoms with van der Waals surface area (Å²) >= 11 is 3.63. The minimum atomic E-state index is -0.822. The van der Waals surface area contributed by atoms with Crippen LogP contribution in [0.25, 0.3) is 0 Å². The molecule has 1 N–H and O–H groups in total. The Kier molecular flexibility index (Phi) is 6.51. The molecule has 1 saturated carbocycles. The van der Waals surface area contributed by atoms with Gasteiger partial charge in [0.1, 0.15) is 0 Å². The molecule has 0 heterocycles. The van der Waals surface area contributed by atoms with Crippen LogP contribution in [-0.4, -0.2) is 36.8 Å². The third-order valence-corrected chi connectivity index (χ3v) is 6.02. The van der Waals surface area contributed by atoms with Crippen molar-refractivity contribution >= 4 is 15.9 Å². The Morgan fingerprint density at radius 1 is 1.12 bits per heavy atom. The van der Waals surface area contributed by atoms with E-state index in [2.05, 4.69) is 47.1 Å². The molecule has 1 fully saturated rings. The quantitative estimate of drug-likeness (QED) is 0.745. The van der Waals surface area contributed by atoms with E-state index < -0.39 is 5.60 Å². The number of benzene rings is 2. The molecule has 0 aliphatic heterocycles. The summed E-state index contributed by atoms with van der Waals surface area (Å²) in [6.45, 7) is 1.47. The van der Waals surface area contributed by atoms with E-state index in [-0.39, 0.29) is 12.0 Å². The van der Waals surface area contributed by atoms with Crippen LogP contribution in [0.1, 0.15) is 30.4 Å². The first-order valence-corrected chi connectivity index (χ1v) is 10.1. The summed E-state index contributed by atoms with van der Waals surface area (Å²) in [6, 6.07) is 18.3. The summed E-state index contributed by atoms with van der Waals surface area (Å²) in [5.74, 6) is 0.130. The summed E-state index contributed by atoms with van der Waals surface area (Å²) in [4.78, 5) is 2.16. The van der Waals surface area contributed by atoms with E-state index in [0.717, 1.165) is 29.4 Å². The Hall–Kier alpha value is -1.20. The van der Waals surface area contributed by atoms with Gasteiger partial charge in [-0.2, -0.15) is 0 Å². The molecule has 4 heteroatoms. The van der Waals surface area contributed by atoms with Crippen molar-refractivity contribution in [2.24, 2.45) is 5.92 Å². The highest BCUT2D eigenvalue weighted by molar-refractivity contribution is 9.10. The standard InChI is InChI=1S/C22H28BrNO2/c1-24(2)15-18-14-19(26-16-17-8-4-3-5-9-17)12-13-22(18,25)20-10-6-7-11-21(20)23/h3-11,18-19,25H,12-16H2,1-2H3. The van der Waals surface area contributed by atoms with E-state index in [9.17, 15) is 5.11 Å². The van der Waals surface area contributed by atoms with Gasteiger partial charge in [0.2, 0.25) is 0 Å². The smallest absolute Gasteiger partial charge is 0.0949 e. The predicted octanol–water partition coefficient (Wildman–Crippen LogP) is 4.58. The minimum Gasteiger partial charge on any atom is -0.385 e. The van der Waals surface area contributed by atoms with E-state index >= 15 is 0 Å². The Labute approximate surface area is 165 Å². The van der Waals surface area contributed by atoms with Gasteiger partial charge in [0.25, 0.3) is 0 Å². The fourth-order valence-electron chi connectivity index (χ4n) is 3.99. The third kappa shape index (κ3) is 4.55. The number of halogens is 1. The zero-order valence-electron chi connectivity index (χ0n) is 15.6. The minimum absolute atomic E-state index is 0.130. The second-order valence-electron chi connectivity index (χ2n) is 7.56. The number of rotatable bonds is 6. The van der Waals surface area contributed by atoms with Crippen LogP contribution in [0, 0.1) is 5.92 Å². The van der Waals surface area contributed by atoms with Gasteiger partial charge in [-0.1, -0.05) is 64.5 Å². The van der Waals surface area contributed by atoms with Crippen LogP contribution in [0.4, 0.5) is 0 Å². The molecule has 3 rings (SSSR count). The van der Waals surface area contributed by atoms with E-state index in [4.69, 9.17) is 4.74 Å². The molecule has 0 aromatic heterocycles. The average Bonchev–Trinajstić information content (AvgIpc) is 2.63. The summed E-state index contributed by atoms with van der Waals surface area (Å²) in [5, 5.41) is 11.6. The van der Waals surface area contributed by atoms with Crippen LogP contribution in [-0.2, 0) is 16.9 Å². The molecular formula is C22H28BrNO2. The molecule has 3 atom stereocenters. The van der Waals surface area contributed by atoms with Crippen molar-refractivity contribution in [3.63, 3.8) is 0 Å². The Bertz CT molecular complexity index is 706. The van der Waals surface area contributed by atoms with E-state index in [1.54, 1.807) is 0 Å². The maximum atomic E-state index is 11.6. The van der Waals surface area contributed by atoms with Gasteiger partial charge in [-0.25, -0.2) is 0 Å². The van der Waals surface area contributed by atoms with Crippen LogP contribution in [0.15, 0.2) is 59.1 Å². The molecule has 0 radical (unpaired) electrons. The molecule has 3 unspecified atom stereocenters. The Morgan fingerprint density at radius 3 is 2.50 bits per heavy atom. The predicted molar refractivity (Wildman–Crippen MR) is 109 cm³/mol. The fraction of sp³-hybridized carbons (Fsp3) is 0.455. The maximum Gasteiger partial charge on any atom is 0.0949 e. The molecule has 1 aliphatic rings. The Balaban J connectivity index is 1.74. The van der Waals surface area contributed by atoms with Crippen molar-refractivity contribution in [1.82, 2.24) is 4.90 Å². The summed E-state index contributed by atoms with van der Waals surface area (Å²) < 4.78 is 7.18. The van der Waals surface area contributed by atoms with Crippen molar-refractivity contribution in [2.75, 3.05) is 20.6 Å². The van der Waals surface area contributed by atoms with Crippen LogP contribution in [0.3, 0.4) is 0 Å². The zero-order chi connectivity index (χ0) is 18.6. The van der Waals surface area contributed by atoms with Crippen LogP contribution < -0.4 is 0 Å². The van der Waals surface area contributed by atoms with E-state index in [1.165, 1.54) is 5.56 Å². The summed E-state index contributed by atoms with van der Waals surface area (Å²) in [7, 11) is 4.13. The maximum absolute atomic E-state index is 11.6. The lowest BCUT2D eigenvalue weighted by Crippen LogP contribution is -2.47. The van der Waals surface area contributed by atoms with Crippen molar-refractivity contribution in [3.8, 4) is 0 Å². The lowest BCUT2D eigenvalue weighted by atomic mass is 9.70. The average molecular weight is 418 g/mol. The molecule has 0 spiro atoms. The fourth-order valence-corrected chi connectivity index (χ4v) is 4.62. The highest BCUT2D eigenvalue weighted by Gasteiger charge is 2.44. The topological polar surface area (TPSA) is 32.7 Å². The van der Waals surface area contributed by atoms with Crippen molar-refractivity contribution in [3.05, 3.63) is 70.2 Å². The molecule has 0 amide bonds. The number of ether oxygens (including phenoxy) is 1. The third-order valence-electron chi connectivity index (χ3n) is 5.32. The highest BCUT2D eigenvalue weighted by Crippen LogP contribution is 2.45. The van der Waals surface area contributed by atoms with Crippen molar-refractivity contribution in [2.45, 2.75) is 37.6 Å². The number of aliphatic hydroxyl groups is 1. The van der Waals surface area contributed by atoms with Crippen LogP contribution >= 0.6 is 15.9 Å². The highest BCUT2D eigenvalue weighted by atomic mass is 79.9. The number of hydrogen-bond acceptors (Lipinski definition) is 3. The van der Waals surface area contributed by atoms with Gasteiger partial charge >= 0.3 is 0 Å². The van der Waals surface area contributed by atoms with E-state index in [1.807, 2.05) is 42.5 Å². The van der Waals surface area contributed by atoms with Gasteiger partial charge in [-0.3, -0.25) is 0 Å². The van der Waals surface area contributed by atoms with Gasteiger partial charge in [0.05, 0.1) is 18.3 Å². The van der Waals surface area contributed by atoms with Crippen molar-refractivity contribution in [1.29, 1.82) is 0 Å². The zero-order valence-corrected chi connectivity index (χ0v) is 17.2. The second kappa shape index (κ2) is 8.66. The molecule has 140 valence electrons. The number of hydrogen-bond donors (Lipinski definition) is 1. The molecule has 26 heavy (non-hydrogen) atoms. The van der Waals surface area contributed by atoms with Gasteiger partial charge in [-0.15, -0.1) is 0 Å². The van der Waals surface area contributed by atoms with Crippen molar-refractivity contribution < 1.29 is 9.84 Å². The molecule has 1 aliphatic carbocycles. The SMILES string of the molecule is CN(C)CC1CC(OCc2ccccc2)CCC1(O)c1ccccc1Br. The largest absolute Gasteiger partial charge is 0.385 e. The second-order valence-corrected chi connectivity index (χ2v) is 8.41. The summed E-state index contributed by atoms with van der Waals surface area (Å²) in [5.41, 5.74) is 1.37. The molecular weight excluding hydrogens is 390 g/mol. The van der Waals surface area contributed by atoms with Gasteiger partial charge in [0.15, 0.2) is 0 Å². The first-order chi connectivity index (χ1) is 12.5. The molecule has 0 bridgehead atoms. The lowest BCUT2D eigenvalue weighted by Gasteiger charge is -2.44. The van der Waals surface area contributed by atoms with Gasteiger partial charge in [0, 0.05) is 16.9 Å². The van der Waals surface area contributed by atoms with Gasteiger partial charge < -0.3 is 14.7 Å². The van der Waals surface area contributed by atoms with E-state index in [0.29, 0.717) is 13.0 Å². The van der Waals surface area contributed by atoms with Crippen LogP contribution in [0.5, 0.6) is 0 Å². The van der Waals surface area contributed by atoms with Crippen LogP contribution in [0.2, 0.25) is 0 Å². The first-order valence-electron chi connectivity index (χ1n) is 9.26. The molecule has 0 saturated heterocycles. The molecule has 2 aromatic rings. The first kappa shape index (κ1) is 19.6.